The maximum atomic E-state index is 10.5. The van der Waals surface area contributed by atoms with E-state index >= 15 is 0 Å². The summed E-state index contributed by atoms with van der Waals surface area (Å²) in [6.07, 6.45) is -0.0566. The molecule has 1 aromatic carbocycles. The molecule has 0 bridgehead atoms. The van der Waals surface area contributed by atoms with Crippen molar-refractivity contribution in [1.82, 2.24) is 4.98 Å². The van der Waals surface area contributed by atoms with Crippen LogP contribution in [0.3, 0.4) is 0 Å². The van der Waals surface area contributed by atoms with Crippen molar-refractivity contribution in [1.29, 1.82) is 0 Å². The zero-order chi connectivity index (χ0) is 10.1. The number of carboxylic acid groups (broad SMARTS) is 1. The molecule has 72 valence electrons. The SMILES string of the molecule is O=C(O)Cc1cccc2nc(Br)oc12. The highest BCUT2D eigenvalue weighted by atomic mass is 79.9. The number of para-hydroxylation sites is 1. The van der Waals surface area contributed by atoms with Crippen molar-refractivity contribution in [3.05, 3.63) is 28.6 Å². The Morgan fingerprint density at radius 3 is 3.07 bits per heavy atom. The number of hydrogen-bond acceptors (Lipinski definition) is 3. The normalized spacial score (nSPS) is 10.6. The Balaban J connectivity index is 2.58. The Bertz CT molecular complexity index is 492. The van der Waals surface area contributed by atoms with Gasteiger partial charge in [-0.2, -0.15) is 0 Å². The van der Waals surface area contributed by atoms with E-state index in [1.165, 1.54) is 0 Å². The molecule has 1 aromatic heterocycles. The van der Waals surface area contributed by atoms with Crippen LogP contribution in [0.15, 0.2) is 27.4 Å². The molecule has 5 heteroatoms. The fourth-order valence-corrected chi connectivity index (χ4v) is 1.63. The number of hydrogen-bond donors (Lipinski definition) is 1. The number of benzene rings is 1. The van der Waals surface area contributed by atoms with Crippen LogP contribution >= 0.6 is 15.9 Å². The summed E-state index contributed by atoms with van der Waals surface area (Å²) in [7, 11) is 0. The molecule has 0 unspecified atom stereocenters. The van der Waals surface area contributed by atoms with E-state index in [9.17, 15) is 4.79 Å². The third-order valence-corrected chi connectivity index (χ3v) is 2.15. The van der Waals surface area contributed by atoms with Gasteiger partial charge in [0.1, 0.15) is 5.52 Å². The molecule has 1 heterocycles. The predicted octanol–water partition coefficient (Wildman–Crippen LogP) is 2.22. The van der Waals surface area contributed by atoms with Gasteiger partial charge in [-0.25, -0.2) is 4.98 Å². The Morgan fingerprint density at radius 2 is 2.36 bits per heavy atom. The van der Waals surface area contributed by atoms with Gasteiger partial charge in [0.15, 0.2) is 5.58 Å². The second kappa shape index (κ2) is 3.42. The van der Waals surface area contributed by atoms with Crippen LogP contribution in [0.25, 0.3) is 11.1 Å². The molecule has 0 saturated heterocycles. The summed E-state index contributed by atoms with van der Waals surface area (Å²) in [5, 5.41) is 8.66. The number of aliphatic carboxylic acids is 1. The van der Waals surface area contributed by atoms with Crippen LogP contribution in [0, 0.1) is 0 Å². The number of fused-ring (bicyclic) bond motifs is 1. The van der Waals surface area contributed by atoms with Crippen molar-refractivity contribution in [2.45, 2.75) is 6.42 Å². The van der Waals surface area contributed by atoms with Crippen LogP contribution < -0.4 is 0 Å². The molecule has 0 saturated carbocycles. The van der Waals surface area contributed by atoms with Crippen LogP contribution in [0.4, 0.5) is 0 Å². The van der Waals surface area contributed by atoms with Crippen molar-refractivity contribution in [2.24, 2.45) is 0 Å². The van der Waals surface area contributed by atoms with Crippen LogP contribution in [0.2, 0.25) is 0 Å². The lowest BCUT2D eigenvalue weighted by Gasteiger charge is -1.95. The third kappa shape index (κ3) is 1.63. The minimum absolute atomic E-state index is 0.0566. The Morgan fingerprint density at radius 1 is 1.57 bits per heavy atom. The summed E-state index contributed by atoms with van der Waals surface area (Å²) in [4.78, 5) is 14.9. The Hall–Kier alpha value is -1.36. The second-order valence-electron chi connectivity index (χ2n) is 2.80. The van der Waals surface area contributed by atoms with Gasteiger partial charge in [0.25, 0.3) is 4.80 Å². The molecule has 0 spiro atoms. The molecular weight excluding hydrogens is 250 g/mol. The Kier molecular flexibility index (Phi) is 2.25. The molecule has 0 aliphatic rings. The number of oxazole rings is 1. The molecule has 4 nitrogen and oxygen atoms in total. The molecule has 2 rings (SSSR count). The van der Waals surface area contributed by atoms with Crippen LogP contribution in [-0.2, 0) is 11.2 Å². The fourth-order valence-electron chi connectivity index (χ4n) is 1.28. The highest BCUT2D eigenvalue weighted by Gasteiger charge is 2.10. The van der Waals surface area contributed by atoms with E-state index in [2.05, 4.69) is 20.9 Å². The van der Waals surface area contributed by atoms with Crippen molar-refractivity contribution in [2.75, 3.05) is 0 Å². The maximum absolute atomic E-state index is 10.5. The van der Waals surface area contributed by atoms with Crippen LogP contribution in [0.5, 0.6) is 0 Å². The van der Waals surface area contributed by atoms with Crippen LogP contribution in [0.1, 0.15) is 5.56 Å². The van der Waals surface area contributed by atoms with Gasteiger partial charge < -0.3 is 9.52 Å². The number of aromatic nitrogens is 1. The van der Waals surface area contributed by atoms with Crippen molar-refractivity contribution >= 4 is 33.0 Å². The van der Waals surface area contributed by atoms with E-state index in [1.807, 2.05) is 0 Å². The van der Waals surface area contributed by atoms with E-state index in [0.717, 1.165) is 0 Å². The molecule has 0 atom stereocenters. The largest absolute Gasteiger partial charge is 0.481 e. The molecule has 0 radical (unpaired) electrons. The summed E-state index contributed by atoms with van der Waals surface area (Å²) >= 11 is 3.10. The zero-order valence-corrected chi connectivity index (χ0v) is 8.61. The van der Waals surface area contributed by atoms with Gasteiger partial charge in [-0.1, -0.05) is 12.1 Å². The first-order chi connectivity index (χ1) is 6.66. The van der Waals surface area contributed by atoms with E-state index in [1.54, 1.807) is 18.2 Å². The standard InChI is InChI=1S/C9H6BrNO3/c10-9-11-6-3-1-2-5(4-7(12)13)8(6)14-9/h1-3H,4H2,(H,12,13). The lowest BCUT2D eigenvalue weighted by Crippen LogP contribution is -1.99. The van der Waals surface area contributed by atoms with Crippen LogP contribution in [-0.4, -0.2) is 16.1 Å². The van der Waals surface area contributed by atoms with Crippen molar-refractivity contribution in [3.63, 3.8) is 0 Å². The Labute approximate surface area is 87.7 Å². The first-order valence-electron chi connectivity index (χ1n) is 3.92. The van der Waals surface area contributed by atoms with E-state index in [0.29, 0.717) is 21.5 Å². The average Bonchev–Trinajstić information content (AvgIpc) is 2.45. The quantitative estimate of drug-likeness (QED) is 0.894. The molecule has 1 N–H and O–H groups in total. The third-order valence-electron chi connectivity index (χ3n) is 1.81. The number of halogens is 1. The number of rotatable bonds is 2. The van der Waals surface area contributed by atoms with Gasteiger partial charge in [-0.15, -0.1) is 0 Å². The molecule has 0 fully saturated rings. The lowest BCUT2D eigenvalue weighted by atomic mass is 10.1. The molecule has 0 aliphatic carbocycles. The lowest BCUT2D eigenvalue weighted by molar-refractivity contribution is -0.136. The average molecular weight is 256 g/mol. The van der Waals surface area contributed by atoms with Crippen molar-refractivity contribution < 1.29 is 14.3 Å². The summed E-state index contributed by atoms with van der Waals surface area (Å²) in [6.45, 7) is 0. The van der Waals surface area contributed by atoms with Gasteiger partial charge in [0.05, 0.1) is 6.42 Å². The molecule has 14 heavy (non-hydrogen) atoms. The van der Waals surface area contributed by atoms with Crippen molar-refractivity contribution in [3.8, 4) is 0 Å². The molecule has 2 aromatic rings. The number of carboxylic acids is 1. The monoisotopic (exact) mass is 255 g/mol. The first-order valence-corrected chi connectivity index (χ1v) is 4.72. The van der Waals surface area contributed by atoms with Gasteiger partial charge in [-0.3, -0.25) is 4.79 Å². The van der Waals surface area contributed by atoms with Gasteiger partial charge in [-0.05, 0) is 6.07 Å². The summed E-state index contributed by atoms with van der Waals surface area (Å²) < 4.78 is 5.24. The summed E-state index contributed by atoms with van der Waals surface area (Å²) in [5.74, 6) is -0.884. The first kappa shape index (κ1) is 9.21. The van der Waals surface area contributed by atoms with E-state index in [4.69, 9.17) is 9.52 Å². The molecule has 0 amide bonds. The fraction of sp³-hybridized carbons (Fsp3) is 0.111. The smallest absolute Gasteiger partial charge is 0.307 e. The molecular formula is C9H6BrNO3. The van der Waals surface area contributed by atoms with E-state index < -0.39 is 5.97 Å². The summed E-state index contributed by atoms with van der Waals surface area (Å²) in [6, 6.07) is 5.25. The maximum Gasteiger partial charge on any atom is 0.307 e. The highest BCUT2D eigenvalue weighted by Crippen LogP contribution is 2.23. The highest BCUT2D eigenvalue weighted by molar-refractivity contribution is 9.10. The van der Waals surface area contributed by atoms with Gasteiger partial charge in [0, 0.05) is 21.5 Å². The topological polar surface area (TPSA) is 63.3 Å². The number of nitrogens with zero attached hydrogens (tertiary/aromatic N) is 1. The van der Waals surface area contributed by atoms with Gasteiger partial charge >= 0.3 is 5.97 Å². The minimum atomic E-state index is -0.884. The minimum Gasteiger partial charge on any atom is -0.481 e. The zero-order valence-electron chi connectivity index (χ0n) is 7.03. The predicted molar refractivity (Wildman–Crippen MR) is 53.0 cm³/mol. The molecule has 0 aliphatic heterocycles. The van der Waals surface area contributed by atoms with E-state index in [-0.39, 0.29) is 6.42 Å². The number of carbonyl (C=O) groups is 1. The van der Waals surface area contributed by atoms with Gasteiger partial charge in [0.2, 0.25) is 0 Å². The second-order valence-corrected chi connectivity index (χ2v) is 3.48. The summed E-state index contributed by atoms with van der Waals surface area (Å²) in [5.41, 5.74) is 1.82.